The average molecular weight is 302 g/mol. The largest absolute Gasteiger partial charge is 0.342 e. The number of hydrogen-bond acceptors (Lipinski definition) is 3. The molecular weight excluding hydrogens is 276 g/mol. The molecule has 0 spiro atoms. The lowest BCUT2D eigenvalue weighted by Gasteiger charge is -2.35. The lowest BCUT2D eigenvalue weighted by molar-refractivity contribution is -0.137. The fourth-order valence-electron chi connectivity index (χ4n) is 3.14. The van der Waals surface area contributed by atoms with Gasteiger partial charge in [-0.3, -0.25) is 4.79 Å². The molecule has 2 fully saturated rings. The maximum Gasteiger partial charge on any atom is 0.225 e. The number of carbonyl (C=O) groups excluding carboxylic acids is 1. The number of amides is 1. The SMILES string of the molecule is CCCS(=O)(=O)N1CCC(C(=O)N2CCCCC2)CC1. The summed E-state index contributed by atoms with van der Waals surface area (Å²) in [5.41, 5.74) is 0. The monoisotopic (exact) mass is 302 g/mol. The van der Waals surface area contributed by atoms with Crippen LogP contribution in [0.5, 0.6) is 0 Å². The molecule has 116 valence electrons. The maximum absolute atomic E-state index is 12.4. The molecule has 0 aromatic rings. The minimum Gasteiger partial charge on any atom is -0.342 e. The summed E-state index contributed by atoms with van der Waals surface area (Å²) in [7, 11) is -3.10. The van der Waals surface area contributed by atoms with Gasteiger partial charge in [-0.2, -0.15) is 0 Å². The van der Waals surface area contributed by atoms with E-state index in [1.54, 1.807) is 4.31 Å². The molecule has 0 atom stereocenters. The molecule has 0 unspecified atom stereocenters. The molecule has 0 bridgehead atoms. The molecule has 0 aromatic carbocycles. The van der Waals surface area contributed by atoms with Crippen molar-refractivity contribution >= 4 is 15.9 Å². The van der Waals surface area contributed by atoms with E-state index in [9.17, 15) is 13.2 Å². The lowest BCUT2D eigenvalue weighted by Crippen LogP contribution is -2.46. The normalized spacial score (nSPS) is 22.9. The van der Waals surface area contributed by atoms with Crippen molar-refractivity contribution in [3.05, 3.63) is 0 Å². The number of nitrogens with zero attached hydrogens (tertiary/aromatic N) is 2. The summed E-state index contributed by atoms with van der Waals surface area (Å²) in [6.07, 6.45) is 5.44. The Labute approximate surface area is 122 Å². The molecule has 2 saturated heterocycles. The van der Waals surface area contributed by atoms with Crippen LogP contribution in [0.3, 0.4) is 0 Å². The van der Waals surface area contributed by atoms with Crippen LogP contribution in [0.2, 0.25) is 0 Å². The highest BCUT2D eigenvalue weighted by atomic mass is 32.2. The van der Waals surface area contributed by atoms with Crippen molar-refractivity contribution in [2.75, 3.05) is 31.9 Å². The Morgan fingerprint density at radius 1 is 1.05 bits per heavy atom. The molecule has 0 radical (unpaired) electrons. The van der Waals surface area contributed by atoms with E-state index in [0.717, 1.165) is 25.9 Å². The Hall–Kier alpha value is -0.620. The van der Waals surface area contributed by atoms with Crippen molar-refractivity contribution in [2.24, 2.45) is 5.92 Å². The number of rotatable bonds is 4. The predicted molar refractivity (Wildman–Crippen MR) is 78.8 cm³/mol. The van der Waals surface area contributed by atoms with Crippen LogP contribution in [-0.4, -0.2) is 55.5 Å². The first kappa shape index (κ1) is 15.8. The fourth-order valence-corrected chi connectivity index (χ4v) is 4.68. The van der Waals surface area contributed by atoms with E-state index in [1.807, 2.05) is 11.8 Å². The van der Waals surface area contributed by atoms with Gasteiger partial charge < -0.3 is 4.90 Å². The Bertz CT molecular complexity index is 422. The maximum atomic E-state index is 12.4. The summed E-state index contributed by atoms with van der Waals surface area (Å²) >= 11 is 0. The Morgan fingerprint density at radius 2 is 1.65 bits per heavy atom. The van der Waals surface area contributed by atoms with Gasteiger partial charge in [-0.05, 0) is 38.5 Å². The van der Waals surface area contributed by atoms with E-state index < -0.39 is 10.0 Å². The second-order valence-electron chi connectivity index (χ2n) is 5.88. The molecule has 0 saturated carbocycles. The minimum atomic E-state index is -3.10. The van der Waals surface area contributed by atoms with Gasteiger partial charge in [0.15, 0.2) is 0 Å². The average Bonchev–Trinajstić information content (AvgIpc) is 2.47. The summed E-state index contributed by atoms with van der Waals surface area (Å²) in [4.78, 5) is 14.4. The van der Waals surface area contributed by atoms with Crippen molar-refractivity contribution in [3.63, 3.8) is 0 Å². The molecule has 1 amide bonds. The van der Waals surface area contributed by atoms with Gasteiger partial charge in [0.25, 0.3) is 0 Å². The number of hydrogen-bond donors (Lipinski definition) is 0. The Balaban J connectivity index is 1.86. The third kappa shape index (κ3) is 3.73. The predicted octanol–water partition coefficient (Wildman–Crippen LogP) is 1.45. The van der Waals surface area contributed by atoms with Gasteiger partial charge in [0.2, 0.25) is 15.9 Å². The van der Waals surface area contributed by atoms with Crippen molar-refractivity contribution in [2.45, 2.75) is 45.4 Å². The Kier molecular flexibility index (Phi) is 5.43. The first-order chi connectivity index (χ1) is 9.54. The van der Waals surface area contributed by atoms with E-state index in [1.165, 1.54) is 6.42 Å². The summed E-state index contributed by atoms with van der Waals surface area (Å²) in [6, 6.07) is 0. The second kappa shape index (κ2) is 6.89. The molecule has 20 heavy (non-hydrogen) atoms. The molecule has 0 aromatic heterocycles. The van der Waals surface area contributed by atoms with Crippen LogP contribution in [-0.2, 0) is 14.8 Å². The third-order valence-corrected chi connectivity index (χ3v) is 6.40. The van der Waals surface area contributed by atoms with E-state index in [2.05, 4.69) is 0 Å². The van der Waals surface area contributed by atoms with Crippen LogP contribution in [0.15, 0.2) is 0 Å². The van der Waals surface area contributed by atoms with Gasteiger partial charge in [-0.25, -0.2) is 12.7 Å². The van der Waals surface area contributed by atoms with Crippen LogP contribution in [0.1, 0.15) is 45.4 Å². The summed E-state index contributed by atoms with van der Waals surface area (Å²) in [5.74, 6) is 0.496. The molecule has 0 N–H and O–H groups in total. The standard InChI is InChI=1S/C14H26N2O3S/c1-2-12-20(18,19)16-10-6-13(7-11-16)14(17)15-8-4-3-5-9-15/h13H,2-12H2,1H3. The second-order valence-corrected chi connectivity index (χ2v) is 7.96. The topological polar surface area (TPSA) is 57.7 Å². The number of carbonyl (C=O) groups is 1. The highest BCUT2D eigenvalue weighted by molar-refractivity contribution is 7.89. The zero-order valence-corrected chi connectivity index (χ0v) is 13.2. The highest BCUT2D eigenvalue weighted by Crippen LogP contribution is 2.23. The summed E-state index contributed by atoms with van der Waals surface area (Å²) < 4.78 is 25.6. The van der Waals surface area contributed by atoms with Gasteiger partial charge in [0.1, 0.15) is 0 Å². The van der Waals surface area contributed by atoms with Gasteiger partial charge in [0, 0.05) is 32.1 Å². The van der Waals surface area contributed by atoms with Gasteiger partial charge in [-0.1, -0.05) is 6.92 Å². The van der Waals surface area contributed by atoms with E-state index >= 15 is 0 Å². The molecular formula is C14H26N2O3S. The van der Waals surface area contributed by atoms with Crippen LogP contribution < -0.4 is 0 Å². The molecule has 2 aliphatic heterocycles. The number of sulfonamides is 1. The summed E-state index contributed by atoms with van der Waals surface area (Å²) in [5, 5.41) is 0. The smallest absolute Gasteiger partial charge is 0.225 e. The molecule has 6 heteroatoms. The van der Waals surface area contributed by atoms with Crippen molar-refractivity contribution in [3.8, 4) is 0 Å². The Morgan fingerprint density at radius 3 is 2.20 bits per heavy atom. The molecule has 2 rings (SSSR count). The van der Waals surface area contributed by atoms with E-state index in [4.69, 9.17) is 0 Å². The molecule has 2 aliphatic rings. The van der Waals surface area contributed by atoms with Crippen molar-refractivity contribution in [1.82, 2.24) is 9.21 Å². The number of piperidine rings is 2. The quantitative estimate of drug-likeness (QED) is 0.790. The van der Waals surface area contributed by atoms with Gasteiger partial charge in [0.05, 0.1) is 5.75 Å². The van der Waals surface area contributed by atoms with Crippen molar-refractivity contribution < 1.29 is 13.2 Å². The first-order valence-corrected chi connectivity index (χ1v) is 9.42. The van der Waals surface area contributed by atoms with Crippen molar-refractivity contribution in [1.29, 1.82) is 0 Å². The van der Waals surface area contributed by atoms with Crippen LogP contribution in [0.4, 0.5) is 0 Å². The lowest BCUT2D eigenvalue weighted by atomic mass is 9.95. The van der Waals surface area contributed by atoms with Gasteiger partial charge >= 0.3 is 0 Å². The van der Waals surface area contributed by atoms with Gasteiger partial charge in [-0.15, -0.1) is 0 Å². The van der Waals surface area contributed by atoms with Crippen LogP contribution in [0, 0.1) is 5.92 Å². The van der Waals surface area contributed by atoms with Crippen LogP contribution >= 0.6 is 0 Å². The zero-order chi connectivity index (χ0) is 14.6. The third-order valence-electron chi connectivity index (χ3n) is 4.33. The molecule has 5 nitrogen and oxygen atoms in total. The fraction of sp³-hybridized carbons (Fsp3) is 0.929. The first-order valence-electron chi connectivity index (χ1n) is 7.81. The molecule has 2 heterocycles. The highest BCUT2D eigenvalue weighted by Gasteiger charge is 2.32. The number of likely N-dealkylation sites (tertiary alicyclic amines) is 1. The molecule has 0 aliphatic carbocycles. The van der Waals surface area contributed by atoms with E-state index in [-0.39, 0.29) is 17.6 Å². The zero-order valence-electron chi connectivity index (χ0n) is 12.4. The van der Waals surface area contributed by atoms with E-state index in [0.29, 0.717) is 32.4 Å². The van der Waals surface area contributed by atoms with Crippen LogP contribution in [0.25, 0.3) is 0 Å². The summed E-state index contributed by atoms with van der Waals surface area (Å²) in [6.45, 7) is 4.66. The minimum absolute atomic E-state index is 0.0289.